The first kappa shape index (κ1) is 11.1. The summed E-state index contributed by atoms with van der Waals surface area (Å²) in [6, 6.07) is 8.56. The molecular weight excluding hydrogens is 196 g/mol. The quantitative estimate of drug-likeness (QED) is 0.834. The van der Waals surface area contributed by atoms with Crippen molar-refractivity contribution in [2.75, 3.05) is 6.54 Å². The average Bonchev–Trinajstić information content (AvgIpc) is 2.27. The maximum Gasteiger partial charge on any atom is 0.0705 e. The van der Waals surface area contributed by atoms with Gasteiger partial charge in [0, 0.05) is 23.5 Å². The molecule has 0 amide bonds. The van der Waals surface area contributed by atoms with E-state index >= 15 is 0 Å². The highest BCUT2D eigenvalue weighted by molar-refractivity contribution is 5.80. The molecule has 2 aromatic rings. The van der Waals surface area contributed by atoms with Gasteiger partial charge in [0.05, 0.1) is 5.52 Å². The van der Waals surface area contributed by atoms with Crippen LogP contribution in [-0.4, -0.2) is 11.5 Å². The molecule has 0 radical (unpaired) electrons. The van der Waals surface area contributed by atoms with E-state index in [1.54, 1.807) is 0 Å². The van der Waals surface area contributed by atoms with E-state index in [9.17, 15) is 0 Å². The minimum atomic E-state index is 0.325. The first-order valence-electron chi connectivity index (χ1n) is 5.70. The normalized spacial score (nSPS) is 13.0. The molecule has 0 aliphatic rings. The number of aryl methyl sites for hydroxylation is 2. The van der Waals surface area contributed by atoms with Crippen molar-refractivity contribution < 1.29 is 0 Å². The topological polar surface area (TPSA) is 38.9 Å². The summed E-state index contributed by atoms with van der Waals surface area (Å²) in [4.78, 5) is 4.71. The van der Waals surface area contributed by atoms with Crippen molar-refractivity contribution in [1.29, 1.82) is 0 Å². The molecule has 1 aromatic heterocycles. The molecule has 0 aliphatic carbocycles. The summed E-state index contributed by atoms with van der Waals surface area (Å²) in [5.41, 5.74) is 10.4. The number of nitrogens with two attached hydrogens (primary N) is 1. The minimum Gasteiger partial charge on any atom is -0.330 e. The van der Waals surface area contributed by atoms with Crippen LogP contribution in [0.25, 0.3) is 10.9 Å². The summed E-state index contributed by atoms with van der Waals surface area (Å²) in [7, 11) is 0. The van der Waals surface area contributed by atoms with E-state index in [-0.39, 0.29) is 0 Å². The maximum absolute atomic E-state index is 5.70. The van der Waals surface area contributed by atoms with E-state index in [2.05, 4.69) is 45.0 Å². The molecule has 16 heavy (non-hydrogen) atoms. The highest BCUT2D eigenvalue weighted by atomic mass is 14.7. The lowest BCUT2D eigenvalue weighted by molar-refractivity contribution is 0.743. The second kappa shape index (κ2) is 4.22. The number of hydrogen-bond acceptors (Lipinski definition) is 2. The maximum atomic E-state index is 5.70. The van der Waals surface area contributed by atoms with Crippen molar-refractivity contribution >= 4 is 10.9 Å². The molecule has 1 heterocycles. The van der Waals surface area contributed by atoms with Crippen LogP contribution in [0.15, 0.2) is 24.3 Å². The first-order chi connectivity index (χ1) is 7.61. The molecule has 0 spiro atoms. The zero-order valence-corrected chi connectivity index (χ0v) is 10.1. The first-order valence-corrected chi connectivity index (χ1v) is 5.70. The van der Waals surface area contributed by atoms with Crippen LogP contribution in [-0.2, 0) is 0 Å². The van der Waals surface area contributed by atoms with Gasteiger partial charge in [-0.15, -0.1) is 0 Å². The zero-order chi connectivity index (χ0) is 11.7. The van der Waals surface area contributed by atoms with E-state index in [0.717, 1.165) is 11.2 Å². The Labute approximate surface area is 96.5 Å². The third-order valence-electron chi connectivity index (χ3n) is 3.02. The van der Waals surface area contributed by atoms with Crippen LogP contribution in [0.2, 0.25) is 0 Å². The molecule has 1 unspecified atom stereocenters. The van der Waals surface area contributed by atoms with Gasteiger partial charge in [0.2, 0.25) is 0 Å². The van der Waals surface area contributed by atoms with Gasteiger partial charge in [-0.2, -0.15) is 0 Å². The lowest BCUT2D eigenvalue weighted by Crippen LogP contribution is -2.11. The number of benzene rings is 1. The number of nitrogens with zero attached hydrogens (tertiary/aromatic N) is 1. The molecule has 2 nitrogen and oxygen atoms in total. The Balaban J connectivity index is 2.62. The van der Waals surface area contributed by atoms with Gasteiger partial charge >= 0.3 is 0 Å². The third kappa shape index (κ3) is 1.93. The monoisotopic (exact) mass is 214 g/mol. The van der Waals surface area contributed by atoms with Gasteiger partial charge in [0.15, 0.2) is 0 Å². The van der Waals surface area contributed by atoms with Crippen LogP contribution in [0.5, 0.6) is 0 Å². The largest absolute Gasteiger partial charge is 0.330 e. The van der Waals surface area contributed by atoms with Crippen LogP contribution in [0.1, 0.15) is 29.7 Å². The van der Waals surface area contributed by atoms with Gasteiger partial charge in [0.1, 0.15) is 0 Å². The van der Waals surface area contributed by atoms with Crippen LogP contribution in [0, 0.1) is 13.8 Å². The lowest BCUT2D eigenvalue weighted by atomic mass is 10.0. The molecule has 0 fully saturated rings. The van der Waals surface area contributed by atoms with Gasteiger partial charge in [-0.25, -0.2) is 0 Å². The highest BCUT2D eigenvalue weighted by Crippen LogP contribution is 2.22. The number of rotatable bonds is 2. The second-order valence-corrected chi connectivity index (χ2v) is 4.52. The number of pyridine rings is 1. The second-order valence-electron chi connectivity index (χ2n) is 4.52. The Morgan fingerprint density at radius 2 is 2.00 bits per heavy atom. The third-order valence-corrected chi connectivity index (χ3v) is 3.02. The number of hydrogen-bond donors (Lipinski definition) is 1. The van der Waals surface area contributed by atoms with Crippen molar-refractivity contribution in [1.82, 2.24) is 4.98 Å². The Bertz CT molecular complexity index is 517. The van der Waals surface area contributed by atoms with E-state index in [1.807, 2.05) is 0 Å². The van der Waals surface area contributed by atoms with Crippen LogP contribution >= 0.6 is 0 Å². The van der Waals surface area contributed by atoms with Crippen LogP contribution in [0.3, 0.4) is 0 Å². The molecule has 2 heteroatoms. The van der Waals surface area contributed by atoms with E-state index < -0.39 is 0 Å². The lowest BCUT2D eigenvalue weighted by Gasteiger charge is -2.12. The van der Waals surface area contributed by atoms with E-state index in [1.165, 1.54) is 16.5 Å². The highest BCUT2D eigenvalue weighted by Gasteiger charge is 2.09. The summed E-state index contributed by atoms with van der Waals surface area (Å²) in [6.45, 7) is 6.97. The fourth-order valence-electron chi connectivity index (χ4n) is 2.03. The Morgan fingerprint density at radius 3 is 2.69 bits per heavy atom. The van der Waals surface area contributed by atoms with Gasteiger partial charge < -0.3 is 5.73 Å². The summed E-state index contributed by atoms with van der Waals surface area (Å²) >= 11 is 0. The fourth-order valence-corrected chi connectivity index (χ4v) is 2.03. The fraction of sp³-hybridized carbons (Fsp3) is 0.357. The molecule has 1 atom stereocenters. The Morgan fingerprint density at radius 1 is 1.25 bits per heavy atom. The van der Waals surface area contributed by atoms with Crippen molar-refractivity contribution in [2.45, 2.75) is 26.7 Å². The summed E-state index contributed by atoms with van der Waals surface area (Å²) < 4.78 is 0. The molecule has 0 saturated carbocycles. The Hall–Kier alpha value is -1.41. The zero-order valence-electron chi connectivity index (χ0n) is 10.1. The van der Waals surface area contributed by atoms with Gasteiger partial charge in [-0.1, -0.05) is 18.6 Å². The van der Waals surface area contributed by atoms with Crippen molar-refractivity contribution in [3.8, 4) is 0 Å². The van der Waals surface area contributed by atoms with Crippen molar-refractivity contribution in [3.63, 3.8) is 0 Å². The summed E-state index contributed by atoms with van der Waals surface area (Å²) in [6.07, 6.45) is 0. The summed E-state index contributed by atoms with van der Waals surface area (Å²) in [5, 5.41) is 1.21. The molecule has 0 aliphatic heterocycles. The molecule has 0 saturated heterocycles. The SMILES string of the molecule is Cc1ccc2nc(C(C)CN)c(C)cc2c1. The predicted octanol–water partition coefficient (Wildman–Crippen LogP) is 2.91. The molecule has 1 aromatic carbocycles. The number of aromatic nitrogens is 1. The van der Waals surface area contributed by atoms with E-state index in [4.69, 9.17) is 10.7 Å². The smallest absolute Gasteiger partial charge is 0.0705 e. The molecule has 0 bridgehead atoms. The minimum absolute atomic E-state index is 0.325. The molecule has 84 valence electrons. The summed E-state index contributed by atoms with van der Waals surface area (Å²) in [5.74, 6) is 0.325. The van der Waals surface area contributed by atoms with Gasteiger partial charge in [-0.3, -0.25) is 4.98 Å². The molecule has 2 rings (SSSR count). The standard InChI is InChI=1S/C14H18N2/c1-9-4-5-13-12(6-9)7-10(2)14(16-13)11(3)8-15/h4-7,11H,8,15H2,1-3H3. The van der Waals surface area contributed by atoms with Gasteiger partial charge in [0.25, 0.3) is 0 Å². The van der Waals surface area contributed by atoms with Gasteiger partial charge in [-0.05, 0) is 37.6 Å². The predicted molar refractivity (Wildman–Crippen MR) is 68.7 cm³/mol. The van der Waals surface area contributed by atoms with Crippen molar-refractivity contribution in [2.24, 2.45) is 5.73 Å². The number of fused-ring (bicyclic) bond motifs is 1. The van der Waals surface area contributed by atoms with Crippen LogP contribution < -0.4 is 5.73 Å². The van der Waals surface area contributed by atoms with E-state index in [0.29, 0.717) is 12.5 Å². The Kier molecular flexibility index (Phi) is 2.92. The van der Waals surface area contributed by atoms with Crippen LogP contribution in [0.4, 0.5) is 0 Å². The van der Waals surface area contributed by atoms with Crippen molar-refractivity contribution in [3.05, 3.63) is 41.1 Å². The molecule has 2 N–H and O–H groups in total. The molecular formula is C14H18N2. The average molecular weight is 214 g/mol.